The Kier molecular flexibility index (Phi) is 2.67. The average molecular weight is 243 g/mol. The average Bonchev–Trinajstić information content (AvgIpc) is 2.95. The molecule has 0 radical (unpaired) electrons. The first-order valence-corrected chi connectivity index (χ1v) is 6.31. The number of benzene rings is 1. The van der Waals surface area contributed by atoms with E-state index >= 15 is 0 Å². The van der Waals surface area contributed by atoms with Gasteiger partial charge in [0.25, 0.3) is 0 Å². The Morgan fingerprint density at radius 2 is 2.06 bits per heavy atom. The van der Waals surface area contributed by atoms with Gasteiger partial charge in [-0.05, 0) is 24.8 Å². The molecule has 1 aliphatic carbocycles. The molecule has 0 amide bonds. The molecule has 1 aromatic carbocycles. The molecule has 1 aliphatic rings. The van der Waals surface area contributed by atoms with Crippen LogP contribution in [0.15, 0.2) is 34.9 Å². The lowest BCUT2D eigenvalue weighted by molar-refractivity contribution is 0.347. The molecule has 4 nitrogen and oxygen atoms in total. The van der Waals surface area contributed by atoms with Crippen molar-refractivity contribution in [2.75, 3.05) is 0 Å². The van der Waals surface area contributed by atoms with Gasteiger partial charge < -0.3 is 10.3 Å². The normalized spacial score (nSPS) is 18.6. The second-order valence-electron chi connectivity index (χ2n) is 5.31. The Balaban J connectivity index is 1.72. The van der Waals surface area contributed by atoms with Crippen LogP contribution in [0.4, 0.5) is 0 Å². The van der Waals surface area contributed by atoms with Gasteiger partial charge in [-0.15, -0.1) is 0 Å². The summed E-state index contributed by atoms with van der Waals surface area (Å²) in [6.45, 7) is 2.16. The van der Waals surface area contributed by atoms with E-state index in [1.54, 1.807) is 0 Å². The maximum absolute atomic E-state index is 6.11. The van der Waals surface area contributed by atoms with Crippen LogP contribution in [0, 0.1) is 0 Å². The van der Waals surface area contributed by atoms with Crippen LogP contribution in [0.25, 0.3) is 0 Å². The van der Waals surface area contributed by atoms with E-state index in [2.05, 4.69) is 29.2 Å². The summed E-state index contributed by atoms with van der Waals surface area (Å²) in [4.78, 5) is 4.44. The fraction of sp³-hybridized carbons (Fsp3) is 0.429. The molecule has 0 aliphatic heterocycles. The van der Waals surface area contributed by atoms with Crippen molar-refractivity contribution in [3.8, 4) is 0 Å². The minimum Gasteiger partial charge on any atom is -0.338 e. The van der Waals surface area contributed by atoms with Gasteiger partial charge in [-0.1, -0.05) is 42.4 Å². The van der Waals surface area contributed by atoms with Crippen LogP contribution in [-0.2, 0) is 11.8 Å². The lowest BCUT2D eigenvalue weighted by Crippen LogP contribution is -2.14. The summed E-state index contributed by atoms with van der Waals surface area (Å²) >= 11 is 0. The highest BCUT2D eigenvalue weighted by atomic mass is 16.5. The van der Waals surface area contributed by atoms with Crippen LogP contribution in [0.3, 0.4) is 0 Å². The largest absolute Gasteiger partial charge is 0.338 e. The minimum atomic E-state index is -0.226. The van der Waals surface area contributed by atoms with Crippen LogP contribution in [0.1, 0.15) is 43.1 Å². The maximum Gasteiger partial charge on any atom is 0.243 e. The third kappa shape index (κ3) is 2.16. The first kappa shape index (κ1) is 11.4. The number of hydrogen-bond donors (Lipinski definition) is 1. The van der Waals surface area contributed by atoms with Gasteiger partial charge in [0.2, 0.25) is 5.89 Å². The standard InChI is InChI=1S/C14H17N3O/c1-14(7-8-14)13-16-12(18-17-13)11(15)9-10-5-3-2-4-6-10/h2-6,11H,7-9,15H2,1H3. The SMILES string of the molecule is CC1(c2noc(C(N)Cc3ccccc3)n2)CC1. The molecule has 1 atom stereocenters. The Morgan fingerprint density at radius 3 is 2.72 bits per heavy atom. The predicted octanol–water partition coefficient (Wildman–Crippen LogP) is 2.36. The van der Waals surface area contributed by atoms with E-state index in [-0.39, 0.29) is 11.5 Å². The third-order valence-corrected chi connectivity index (χ3v) is 3.60. The molecular weight excluding hydrogens is 226 g/mol. The Labute approximate surface area is 106 Å². The summed E-state index contributed by atoms with van der Waals surface area (Å²) in [5, 5.41) is 4.05. The molecule has 2 aromatic rings. The molecule has 1 aromatic heterocycles. The fourth-order valence-electron chi connectivity index (χ4n) is 2.00. The Bertz CT molecular complexity index is 531. The Morgan fingerprint density at radius 1 is 1.33 bits per heavy atom. The first-order valence-electron chi connectivity index (χ1n) is 6.31. The lowest BCUT2D eigenvalue weighted by atomic mass is 10.1. The Hall–Kier alpha value is -1.68. The molecule has 1 saturated carbocycles. The predicted molar refractivity (Wildman–Crippen MR) is 68.0 cm³/mol. The second-order valence-corrected chi connectivity index (χ2v) is 5.31. The van der Waals surface area contributed by atoms with E-state index < -0.39 is 0 Å². The summed E-state index contributed by atoms with van der Waals surface area (Å²) in [6.07, 6.45) is 3.00. The molecule has 4 heteroatoms. The van der Waals surface area contributed by atoms with E-state index in [0.29, 0.717) is 5.89 Å². The van der Waals surface area contributed by atoms with Crippen LogP contribution in [0.5, 0.6) is 0 Å². The zero-order valence-electron chi connectivity index (χ0n) is 10.5. The number of rotatable bonds is 4. The molecule has 0 bridgehead atoms. The van der Waals surface area contributed by atoms with E-state index in [1.165, 1.54) is 5.56 Å². The summed E-state index contributed by atoms with van der Waals surface area (Å²) in [7, 11) is 0. The zero-order valence-corrected chi connectivity index (χ0v) is 10.5. The van der Waals surface area contributed by atoms with Gasteiger partial charge in [-0.25, -0.2) is 0 Å². The van der Waals surface area contributed by atoms with E-state index in [4.69, 9.17) is 10.3 Å². The maximum atomic E-state index is 6.11. The summed E-state index contributed by atoms with van der Waals surface area (Å²) < 4.78 is 5.28. The highest BCUT2D eigenvalue weighted by Crippen LogP contribution is 2.46. The smallest absolute Gasteiger partial charge is 0.243 e. The molecule has 3 rings (SSSR count). The molecule has 94 valence electrons. The summed E-state index contributed by atoms with van der Waals surface area (Å²) in [6, 6.07) is 9.89. The topological polar surface area (TPSA) is 64.9 Å². The van der Waals surface area contributed by atoms with Crippen molar-refractivity contribution >= 4 is 0 Å². The van der Waals surface area contributed by atoms with E-state index in [9.17, 15) is 0 Å². The van der Waals surface area contributed by atoms with Crippen molar-refractivity contribution < 1.29 is 4.52 Å². The summed E-state index contributed by atoms with van der Waals surface area (Å²) in [5.74, 6) is 1.35. The van der Waals surface area contributed by atoms with Crippen molar-refractivity contribution in [2.45, 2.75) is 37.6 Å². The second kappa shape index (κ2) is 4.21. The number of hydrogen-bond acceptors (Lipinski definition) is 4. The molecule has 0 saturated heterocycles. The van der Waals surface area contributed by atoms with Crippen LogP contribution >= 0.6 is 0 Å². The van der Waals surface area contributed by atoms with Gasteiger partial charge in [0.1, 0.15) is 0 Å². The van der Waals surface area contributed by atoms with Gasteiger partial charge in [0.15, 0.2) is 5.82 Å². The molecule has 18 heavy (non-hydrogen) atoms. The fourth-order valence-corrected chi connectivity index (χ4v) is 2.00. The number of nitrogens with two attached hydrogens (primary N) is 1. The van der Waals surface area contributed by atoms with Crippen molar-refractivity contribution in [3.05, 3.63) is 47.6 Å². The van der Waals surface area contributed by atoms with Crippen molar-refractivity contribution in [2.24, 2.45) is 5.73 Å². The van der Waals surface area contributed by atoms with Crippen molar-refractivity contribution in [1.29, 1.82) is 0 Å². The highest BCUT2D eigenvalue weighted by molar-refractivity contribution is 5.18. The van der Waals surface area contributed by atoms with Gasteiger partial charge in [-0.3, -0.25) is 0 Å². The molecular formula is C14H17N3O. The lowest BCUT2D eigenvalue weighted by Gasteiger charge is -2.06. The quantitative estimate of drug-likeness (QED) is 0.895. The molecule has 1 heterocycles. The zero-order chi connectivity index (χ0) is 12.6. The molecule has 1 fully saturated rings. The highest BCUT2D eigenvalue weighted by Gasteiger charge is 2.43. The van der Waals surface area contributed by atoms with E-state index in [0.717, 1.165) is 25.1 Å². The van der Waals surface area contributed by atoms with Gasteiger partial charge in [-0.2, -0.15) is 4.98 Å². The van der Waals surface area contributed by atoms with Gasteiger partial charge in [0.05, 0.1) is 6.04 Å². The molecule has 1 unspecified atom stereocenters. The van der Waals surface area contributed by atoms with Crippen LogP contribution < -0.4 is 5.73 Å². The molecule has 0 spiro atoms. The first-order chi connectivity index (χ1) is 8.67. The number of aromatic nitrogens is 2. The van der Waals surface area contributed by atoms with Crippen LogP contribution in [0.2, 0.25) is 0 Å². The van der Waals surface area contributed by atoms with Gasteiger partial charge >= 0.3 is 0 Å². The van der Waals surface area contributed by atoms with E-state index in [1.807, 2.05) is 18.2 Å². The molecule has 2 N–H and O–H groups in total. The van der Waals surface area contributed by atoms with Crippen molar-refractivity contribution in [1.82, 2.24) is 10.1 Å². The van der Waals surface area contributed by atoms with Crippen molar-refractivity contribution in [3.63, 3.8) is 0 Å². The minimum absolute atomic E-state index is 0.133. The third-order valence-electron chi connectivity index (χ3n) is 3.60. The monoisotopic (exact) mass is 243 g/mol. The number of nitrogens with zero attached hydrogens (tertiary/aromatic N) is 2. The van der Waals surface area contributed by atoms with Crippen LogP contribution in [-0.4, -0.2) is 10.1 Å². The van der Waals surface area contributed by atoms with Gasteiger partial charge in [0, 0.05) is 5.41 Å². The summed E-state index contributed by atoms with van der Waals surface area (Å²) in [5.41, 5.74) is 7.42.